The van der Waals surface area contributed by atoms with Gasteiger partial charge in [-0.3, -0.25) is 0 Å². The molecule has 3 heteroatoms. The van der Waals surface area contributed by atoms with Gasteiger partial charge in [0, 0.05) is 17.5 Å². The fourth-order valence-corrected chi connectivity index (χ4v) is 2.31. The van der Waals surface area contributed by atoms with E-state index in [-0.39, 0.29) is 0 Å². The highest BCUT2D eigenvalue weighted by Crippen LogP contribution is 2.39. The molecule has 2 nitrogen and oxygen atoms in total. The van der Waals surface area contributed by atoms with Gasteiger partial charge in [0.25, 0.3) is 0 Å². The number of hydrogen-bond donors (Lipinski definition) is 1. The van der Waals surface area contributed by atoms with Crippen molar-refractivity contribution in [3.8, 4) is 5.75 Å². The van der Waals surface area contributed by atoms with Gasteiger partial charge in [0.15, 0.2) is 0 Å². The normalized spacial score (nSPS) is 24.5. The van der Waals surface area contributed by atoms with Crippen LogP contribution in [0.1, 0.15) is 25.5 Å². The zero-order valence-electron chi connectivity index (χ0n) is 9.09. The van der Waals surface area contributed by atoms with E-state index in [9.17, 15) is 0 Å². The number of rotatable bonds is 2. The first-order valence-electron chi connectivity index (χ1n) is 5.38. The molecule has 1 aromatic rings. The van der Waals surface area contributed by atoms with E-state index in [0.29, 0.717) is 17.0 Å². The Morgan fingerprint density at radius 2 is 2.33 bits per heavy atom. The fraction of sp³-hybridized carbons (Fsp3) is 0.500. The highest BCUT2D eigenvalue weighted by Gasteiger charge is 2.28. The minimum Gasteiger partial charge on any atom is -0.491 e. The molecule has 0 bridgehead atoms. The van der Waals surface area contributed by atoms with Crippen LogP contribution in [-0.4, -0.2) is 13.2 Å². The third-order valence-corrected chi connectivity index (χ3v) is 3.11. The van der Waals surface area contributed by atoms with E-state index in [1.54, 1.807) is 0 Å². The van der Waals surface area contributed by atoms with Gasteiger partial charge in [0.2, 0.25) is 0 Å². The van der Waals surface area contributed by atoms with Gasteiger partial charge in [0.05, 0.1) is 11.6 Å². The van der Waals surface area contributed by atoms with Crippen molar-refractivity contribution in [2.75, 3.05) is 13.2 Å². The summed E-state index contributed by atoms with van der Waals surface area (Å²) in [6, 6.07) is 6.30. The van der Waals surface area contributed by atoms with Gasteiger partial charge in [-0.1, -0.05) is 37.6 Å². The summed E-state index contributed by atoms with van der Waals surface area (Å²) >= 11 is 6.10. The Hall–Kier alpha value is -0.730. The van der Waals surface area contributed by atoms with Crippen molar-refractivity contribution in [3.05, 3.63) is 28.8 Å². The molecule has 2 rings (SSSR count). The molecule has 0 spiro atoms. The lowest BCUT2D eigenvalue weighted by Crippen LogP contribution is -2.33. The average molecular weight is 226 g/mol. The molecule has 0 amide bonds. The second-order valence-corrected chi connectivity index (χ2v) is 4.39. The van der Waals surface area contributed by atoms with E-state index < -0.39 is 0 Å². The molecule has 1 aromatic carbocycles. The molecule has 1 heterocycles. The molecule has 0 aromatic heterocycles. The number of hydrogen-bond acceptors (Lipinski definition) is 2. The minimum absolute atomic E-state index is 0.359. The lowest BCUT2D eigenvalue weighted by Gasteiger charge is -2.32. The predicted octanol–water partition coefficient (Wildman–Crippen LogP) is 3.02. The second-order valence-electron chi connectivity index (χ2n) is 3.98. The van der Waals surface area contributed by atoms with Crippen LogP contribution in [0.25, 0.3) is 0 Å². The van der Waals surface area contributed by atoms with Crippen molar-refractivity contribution < 1.29 is 4.74 Å². The van der Waals surface area contributed by atoms with Crippen molar-refractivity contribution in [2.24, 2.45) is 5.92 Å². The molecule has 0 saturated heterocycles. The summed E-state index contributed by atoms with van der Waals surface area (Å²) in [7, 11) is 0. The van der Waals surface area contributed by atoms with Crippen molar-refractivity contribution >= 4 is 11.6 Å². The third kappa shape index (κ3) is 1.97. The fourth-order valence-electron chi connectivity index (χ4n) is 2.07. The zero-order valence-corrected chi connectivity index (χ0v) is 9.84. The second kappa shape index (κ2) is 4.42. The van der Waals surface area contributed by atoms with Crippen LogP contribution < -0.4 is 10.1 Å². The summed E-state index contributed by atoms with van der Waals surface area (Å²) in [5, 5.41) is 4.19. The molecule has 2 atom stereocenters. The van der Waals surface area contributed by atoms with Crippen LogP contribution in [0.5, 0.6) is 5.75 Å². The third-order valence-electron chi connectivity index (χ3n) is 2.82. The minimum atomic E-state index is 0.359. The van der Waals surface area contributed by atoms with Crippen LogP contribution in [0.4, 0.5) is 0 Å². The number of fused-ring (bicyclic) bond motifs is 1. The van der Waals surface area contributed by atoms with Crippen LogP contribution in [0.3, 0.4) is 0 Å². The Bertz CT molecular complexity index is 353. The Morgan fingerprint density at radius 1 is 1.53 bits per heavy atom. The summed E-state index contributed by atoms with van der Waals surface area (Å²) in [5.41, 5.74) is 1.18. The van der Waals surface area contributed by atoms with Gasteiger partial charge >= 0.3 is 0 Å². The van der Waals surface area contributed by atoms with Gasteiger partial charge < -0.3 is 10.1 Å². The Kier molecular flexibility index (Phi) is 3.17. The van der Waals surface area contributed by atoms with Crippen LogP contribution >= 0.6 is 11.6 Å². The van der Waals surface area contributed by atoms with E-state index in [2.05, 4.69) is 25.2 Å². The Labute approximate surface area is 95.6 Å². The largest absolute Gasteiger partial charge is 0.491 e. The standard InChI is InChI=1S/C12H16ClNO/c1-3-14-11-8(2)7-15-12-9(11)5-4-6-10(12)13/h4-6,8,11,14H,3,7H2,1-2H3. The quantitative estimate of drug-likeness (QED) is 0.836. The van der Waals surface area contributed by atoms with Gasteiger partial charge in [-0.2, -0.15) is 0 Å². The van der Waals surface area contributed by atoms with Gasteiger partial charge in [0.1, 0.15) is 5.75 Å². The SMILES string of the molecule is CCNC1c2cccc(Cl)c2OCC1C. The van der Waals surface area contributed by atoms with Crippen LogP contribution in [0.2, 0.25) is 5.02 Å². The van der Waals surface area contributed by atoms with Gasteiger partial charge in [-0.05, 0) is 12.6 Å². The van der Waals surface area contributed by atoms with Crippen molar-refractivity contribution in [2.45, 2.75) is 19.9 Å². The molecule has 0 saturated carbocycles. The van der Waals surface area contributed by atoms with E-state index >= 15 is 0 Å². The lowest BCUT2D eigenvalue weighted by atomic mass is 9.92. The molecule has 0 radical (unpaired) electrons. The average Bonchev–Trinajstić information content (AvgIpc) is 2.23. The molecule has 1 aliphatic rings. The molecule has 0 aliphatic carbocycles. The predicted molar refractivity (Wildman–Crippen MR) is 62.5 cm³/mol. The number of halogens is 1. The lowest BCUT2D eigenvalue weighted by molar-refractivity contribution is 0.190. The van der Waals surface area contributed by atoms with Crippen LogP contribution in [-0.2, 0) is 0 Å². The smallest absolute Gasteiger partial charge is 0.142 e. The van der Waals surface area contributed by atoms with Crippen molar-refractivity contribution in [1.29, 1.82) is 0 Å². The van der Waals surface area contributed by atoms with Gasteiger partial charge in [-0.25, -0.2) is 0 Å². The molecular weight excluding hydrogens is 210 g/mol. The first-order valence-corrected chi connectivity index (χ1v) is 5.76. The number of nitrogens with one attached hydrogen (secondary N) is 1. The van der Waals surface area contributed by atoms with E-state index in [1.165, 1.54) is 5.56 Å². The van der Waals surface area contributed by atoms with Crippen LogP contribution in [0.15, 0.2) is 18.2 Å². The maximum absolute atomic E-state index is 6.10. The maximum Gasteiger partial charge on any atom is 0.142 e. The van der Waals surface area contributed by atoms with E-state index in [4.69, 9.17) is 16.3 Å². The van der Waals surface area contributed by atoms with E-state index in [0.717, 1.165) is 18.9 Å². The number of benzene rings is 1. The number of ether oxygens (including phenoxy) is 1. The first kappa shape index (κ1) is 10.8. The molecule has 82 valence electrons. The van der Waals surface area contributed by atoms with Crippen LogP contribution in [0, 0.1) is 5.92 Å². The topological polar surface area (TPSA) is 21.3 Å². The first-order chi connectivity index (χ1) is 7.24. The molecular formula is C12H16ClNO. The summed E-state index contributed by atoms with van der Waals surface area (Å²) in [4.78, 5) is 0. The molecule has 1 aliphatic heterocycles. The molecule has 15 heavy (non-hydrogen) atoms. The summed E-state index contributed by atoms with van der Waals surface area (Å²) in [5.74, 6) is 1.33. The van der Waals surface area contributed by atoms with Gasteiger partial charge in [-0.15, -0.1) is 0 Å². The van der Waals surface area contributed by atoms with Crippen molar-refractivity contribution in [1.82, 2.24) is 5.32 Å². The Morgan fingerprint density at radius 3 is 3.07 bits per heavy atom. The highest BCUT2D eigenvalue weighted by atomic mass is 35.5. The summed E-state index contributed by atoms with van der Waals surface area (Å²) in [6.45, 7) is 6.00. The molecule has 0 fully saturated rings. The summed E-state index contributed by atoms with van der Waals surface area (Å²) in [6.07, 6.45) is 0. The highest BCUT2D eigenvalue weighted by molar-refractivity contribution is 6.32. The van der Waals surface area contributed by atoms with E-state index in [1.807, 2.05) is 12.1 Å². The van der Waals surface area contributed by atoms with Crippen molar-refractivity contribution in [3.63, 3.8) is 0 Å². The summed E-state index contributed by atoms with van der Waals surface area (Å²) < 4.78 is 5.67. The zero-order chi connectivity index (χ0) is 10.8. The molecule has 1 N–H and O–H groups in total. The number of para-hydroxylation sites is 1. The maximum atomic E-state index is 6.10. The Balaban J connectivity index is 2.39. The molecule has 2 unspecified atom stereocenters. The monoisotopic (exact) mass is 225 g/mol.